The molecule has 1 aromatic heterocycles. The van der Waals surface area contributed by atoms with Crippen molar-refractivity contribution < 1.29 is 9.18 Å². The molecule has 3 rings (SSSR count). The zero-order valence-electron chi connectivity index (χ0n) is 17.1. The molecule has 1 atom stereocenters. The predicted molar refractivity (Wildman–Crippen MR) is 110 cm³/mol. The van der Waals surface area contributed by atoms with Gasteiger partial charge in [-0.15, -0.1) is 0 Å². The van der Waals surface area contributed by atoms with Crippen molar-refractivity contribution in [1.82, 2.24) is 14.9 Å². The van der Waals surface area contributed by atoms with E-state index in [1.165, 1.54) is 18.6 Å². The van der Waals surface area contributed by atoms with Gasteiger partial charge >= 0.3 is 0 Å². The molecule has 28 heavy (non-hydrogen) atoms. The van der Waals surface area contributed by atoms with Gasteiger partial charge in [0, 0.05) is 37.3 Å². The Hall–Kier alpha value is -2.21. The van der Waals surface area contributed by atoms with E-state index in [1.54, 1.807) is 13.0 Å². The number of halogens is 1. The minimum atomic E-state index is -0.281. The minimum absolute atomic E-state index is 0.00237. The first-order valence-electron chi connectivity index (χ1n) is 10.3. The van der Waals surface area contributed by atoms with Gasteiger partial charge < -0.3 is 10.3 Å². The summed E-state index contributed by atoms with van der Waals surface area (Å²) in [6.45, 7) is 8.97. The van der Waals surface area contributed by atoms with Crippen LogP contribution < -0.4 is 5.32 Å². The van der Waals surface area contributed by atoms with Crippen LogP contribution in [-0.4, -0.2) is 33.9 Å². The number of imidazole rings is 1. The van der Waals surface area contributed by atoms with Gasteiger partial charge in [0.05, 0.1) is 5.69 Å². The monoisotopic (exact) mass is 386 g/mol. The van der Waals surface area contributed by atoms with E-state index >= 15 is 0 Å². The molecule has 0 radical (unpaired) electrons. The van der Waals surface area contributed by atoms with E-state index in [0.29, 0.717) is 18.0 Å². The number of benzene rings is 1. The molecule has 0 saturated carbocycles. The van der Waals surface area contributed by atoms with Gasteiger partial charge in [0.1, 0.15) is 11.6 Å². The van der Waals surface area contributed by atoms with Crippen LogP contribution in [0.2, 0.25) is 0 Å². The summed E-state index contributed by atoms with van der Waals surface area (Å²) in [6, 6.07) is 4.44. The lowest BCUT2D eigenvalue weighted by molar-refractivity contribution is -0.116. The maximum atomic E-state index is 13.2. The molecule has 1 fully saturated rings. The molecule has 1 aliphatic heterocycles. The van der Waals surface area contributed by atoms with Crippen LogP contribution in [-0.2, 0) is 17.8 Å². The lowest BCUT2D eigenvalue weighted by Gasteiger charge is -2.32. The van der Waals surface area contributed by atoms with Crippen LogP contribution in [0.1, 0.15) is 55.4 Å². The van der Waals surface area contributed by atoms with Crippen LogP contribution in [0.4, 0.5) is 10.1 Å². The molecule has 6 heteroatoms. The van der Waals surface area contributed by atoms with Gasteiger partial charge in [-0.25, -0.2) is 9.37 Å². The predicted octanol–water partition coefficient (Wildman–Crippen LogP) is 4.36. The third-order valence-electron chi connectivity index (χ3n) is 5.59. The third kappa shape index (κ3) is 5.41. The number of nitrogens with zero attached hydrogens (tertiary/aromatic N) is 2. The van der Waals surface area contributed by atoms with Crippen molar-refractivity contribution in [3.05, 3.63) is 46.8 Å². The number of carbonyl (C=O) groups is 1. The van der Waals surface area contributed by atoms with Crippen LogP contribution in [0.5, 0.6) is 0 Å². The van der Waals surface area contributed by atoms with E-state index in [9.17, 15) is 9.18 Å². The van der Waals surface area contributed by atoms with E-state index in [4.69, 9.17) is 4.98 Å². The second-order valence-electron chi connectivity index (χ2n) is 7.90. The smallest absolute Gasteiger partial charge is 0.224 e. The SMILES string of the molecule is CCc1nc(CN2CCC[C@H](CCC(=O)Nc3ccc(F)cc3C)C2)c(C)[nH]1. The number of hydrogen-bond acceptors (Lipinski definition) is 3. The van der Waals surface area contributed by atoms with E-state index in [1.807, 2.05) is 0 Å². The van der Waals surface area contributed by atoms with Gasteiger partial charge in [0.25, 0.3) is 0 Å². The molecule has 2 N–H and O–H groups in total. The molecular weight excluding hydrogens is 355 g/mol. The molecule has 2 aromatic rings. The number of rotatable bonds is 7. The highest BCUT2D eigenvalue weighted by atomic mass is 19.1. The number of piperidine rings is 1. The molecule has 0 unspecified atom stereocenters. The van der Waals surface area contributed by atoms with Crippen LogP contribution in [0.3, 0.4) is 0 Å². The Labute approximate surface area is 166 Å². The first-order valence-corrected chi connectivity index (χ1v) is 10.3. The fraction of sp³-hybridized carbons (Fsp3) is 0.545. The highest BCUT2D eigenvalue weighted by molar-refractivity contribution is 5.91. The van der Waals surface area contributed by atoms with Gasteiger partial charge in [-0.2, -0.15) is 0 Å². The quantitative estimate of drug-likeness (QED) is 0.743. The van der Waals surface area contributed by atoms with Crippen LogP contribution >= 0.6 is 0 Å². The summed E-state index contributed by atoms with van der Waals surface area (Å²) in [5.41, 5.74) is 3.74. The number of aryl methyl sites for hydroxylation is 3. The van der Waals surface area contributed by atoms with Crippen LogP contribution in [0, 0.1) is 25.6 Å². The van der Waals surface area contributed by atoms with Crippen LogP contribution in [0.25, 0.3) is 0 Å². The van der Waals surface area contributed by atoms with Crippen molar-refractivity contribution >= 4 is 11.6 Å². The summed E-state index contributed by atoms with van der Waals surface area (Å²) in [6.07, 6.45) is 4.62. The molecule has 2 heterocycles. The zero-order chi connectivity index (χ0) is 20.1. The third-order valence-corrected chi connectivity index (χ3v) is 5.59. The Morgan fingerprint density at radius 2 is 2.21 bits per heavy atom. The van der Waals surface area contributed by atoms with E-state index < -0.39 is 0 Å². The van der Waals surface area contributed by atoms with Gasteiger partial charge in [-0.1, -0.05) is 6.92 Å². The second-order valence-corrected chi connectivity index (χ2v) is 7.90. The number of aromatic amines is 1. The number of likely N-dealkylation sites (tertiary alicyclic amines) is 1. The average molecular weight is 387 g/mol. The Kier molecular flexibility index (Phi) is 6.83. The molecule has 1 amide bonds. The van der Waals surface area contributed by atoms with Crippen molar-refractivity contribution in [2.75, 3.05) is 18.4 Å². The largest absolute Gasteiger partial charge is 0.346 e. The van der Waals surface area contributed by atoms with E-state index in [-0.39, 0.29) is 11.7 Å². The number of anilines is 1. The topological polar surface area (TPSA) is 61.0 Å². The Balaban J connectivity index is 1.47. The molecule has 5 nitrogen and oxygen atoms in total. The summed E-state index contributed by atoms with van der Waals surface area (Å²) in [5.74, 6) is 1.30. The molecule has 0 aliphatic carbocycles. The number of carbonyl (C=O) groups excluding carboxylic acids is 1. The molecule has 0 spiro atoms. The molecule has 1 saturated heterocycles. The lowest BCUT2D eigenvalue weighted by Crippen LogP contribution is -2.35. The fourth-order valence-corrected chi connectivity index (χ4v) is 3.94. The highest BCUT2D eigenvalue weighted by Crippen LogP contribution is 2.23. The number of amides is 1. The lowest BCUT2D eigenvalue weighted by atomic mass is 9.93. The first-order chi connectivity index (χ1) is 13.4. The minimum Gasteiger partial charge on any atom is -0.346 e. The fourth-order valence-electron chi connectivity index (χ4n) is 3.94. The first kappa shape index (κ1) is 20.5. The Morgan fingerprint density at radius 3 is 2.93 bits per heavy atom. The van der Waals surface area contributed by atoms with Gasteiger partial charge in [-0.3, -0.25) is 9.69 Å². The van der Waals surface area contributed by atoms with E-state index in [2.05, 4.69) is 29.0 Å². The maximum absolute atomic E-state index is 13.2. The van der Waals surface area contributed by atoms with Crippen LogP contribution in [0.15, 0.2) is 18.2 Å². The van der Waals surface area contributed by atoms with E-state index in [0.717, 1.165) is 61.7 Å². The number of H-pyrrole nitrogens is 1. The van der Waals surface area contributed by atoms with Crippen molar-refractivity contribution in [3.63, 3.8) is 0 Å². The summed E-state index contributed by atoms with van der Waals surface area (Å²) in [7, 11) is 0. The van der Waals surface area contributed by atoms with Crippen molar-refractivity contribution in [1.29, 1.82) is 0 Å². The van der Waals surface area contributed by atoms with Gasteiger partial charge in [0.15, 0.2) is 0 Å². The molecule has 1 aromatic carbocycles. The maximum Gasteiger partial charge on any atom is 0.224 e. The Morgan fingerprint density at radius 1 is 1.39 bits per heavy atom. The summed E-state index contributed by atoms with van der Waals surface area (Å²) >= 11 is 0. The van der Waals surface area contributed by atoms with Crippen molar-refractivity contribution in [3.8, 4) is 0 Å². The molecule has 152 valence electrons. The normalized spacial score (nSPS) is 17.6. The Bertz CT molecular complexity index is 817. The zero-order valence-corrected chi connectivity index (χ0v) is 17.1. The number of hydrogen-bond donors (Lipinski definition) is 2. The summed E-state index contributed by atoms with van der Waals surface area (Å²) < 4.78 is 13.2. The standard InChI is InChI=1S/C22H31FN4O/c1-4-21-24-16(3)20(25-21)14-27-11-5-6-17(13-27)7-10-22(28)26-19-9-8-18(23)12-15(19)2/h8-9,12,17H,4-7,10-11,13-14H2,1-3H3,(H,24,25)(H,26,28)/t17-/m1/s1. The van der Waals surface area contributed by atoms with Gasteiger partial charge in [0.2, 0.25) is 5.91 Å². The number of nitrogens with one attached hydrogen (secondary N) is 2. The molecule has 0 bridgehead atoms. The average Bonchev–Trinajstić information content (AvgIpc) is 3.02. The summed E-state index contributed by atoms with van der Waals surface area (Å²) in [5, 5.41) is 2.91. The second kappa shape index (κ2) is 9.32. The van der Waals surface area contributed by atoms with Gasteiger partial charge in [-0.05, 0) is 69.3 Å². The van der Waals surface area contributed by atoms with Crippen molar-refractivity contribution in [2.24, 2.45) is 5.92 Å². The molecular formula is C22H31FN4O. The summed E-state index contributed by atoms with van der Waals surface area (Å²) in [4.78, 5) is 22.8. The number of aromatic nitrogens is 2. The molecule has 1 aliphatic rings. The highest BCUT2D eigenvalue weighted by Gasteiger charge is 2.22. The van der Waals surface area contributed by atoms with Crippen molar-refractivity contribution in [2.45, 2.75) is 59.4 Å².